The lowest BCUT2D eigenvalue weighted by Gasteiger charge is -2.19. The van der Waals surface area contributed by atoms with Crippen molar-refractivity contribution in [3.8, 4) is 0 Å². The lowest BCUT2D eigenvalue weighted by molar-refractivity contribution is -0.142. The van der Waals surface area contributed by atoms with Gasteiger partial charge in [0.05, 0.1) is 6.04 Å². The molecule has 0 radical (unpaired) electrons. The normalized spacial score (nSPS) is 13.3. The van der Waals surface area contributed by atoms with E-state index in [0.29, 0.717) is 12.8 Å². The number of nitrogens with one attached hydrogen (secondary N) is 2. The zero-order valence-corrected chi connectivity index (χ0v) is 9.73. The van der Waals surface area contributed by atoms with Gasteiger partial charge in [0, 0.05) is 0 Å². The summed E-state index contributed by atoms with van der Waals surface area (Å²) in [6.45, 7) is 2.90. The van der Waals surface area contributed by atoms with Crippen LogP contribution in [-0.4, -0.2) is 41.8 Å². The lowest BCUT2D eigenvalue weighted by Crippen LogP contribution is -2.49. The van der Waals surface area contributed by atoms with Crippen LogP contribution >= 0.6 is 0 Å². The zero-order chi connectivity index (χ0) is 13.4. The monoisotopic (exact) mass is 244 g/mol. The number of aliphatic carboxylic acids is 1. The molecule has 0 aliphatic carbocycles. The van der Waals surface area contributed by atoms with E-state index in [9.17, 15) is 19.2 Å². The standard InChI is InChI=1S/C10H16N2O5/c1-3-6(2)8(12-5-13)9(16)10(17)11-4-7(14)15/h5-6,8H,3-4H2,1-2H3,(H,11,17)(H,12,13)(H,14,15)/t6-,8?/m0/s1. The average molecular weight is 244 g/mol. The van der Waals surface area contributed by atoms with Crippen LogP contribution in [-0.2, 0) is 19.2 Å². The van der Waals surface area contributed by atoms with Gasteiger partial charge in [0.15, 0.2) is 0 Å². The van der Waals surface area contributed by atoms with E-state index in [4.69, 9.17) is 5.11 Å². The fourth-order valence-corrected chi connectivity index (χ4v) is 1.19. The summed E-state index contributed by atoms with van der Waals surface area (Å²) in [5.74, 6) is -3.29. The Morgan fingerprint density at radius 2 is 1.94 bits per heavy atom. The number of carbonyl (C=O) groups excluding carboxylic acids is 3. The van der Waals surface area contributed by atoms with Gasteiger partial charge in [-0.3, -0.25) is 19.2 Å². The molecule has 0 aliphatic rings. The first-order valence-electron chi connectivity index (χ1n) is 5.17. The summed E-state index contributed by atoms with van der Waals surface area (Å²) in [4.78, 5) is 43.5. The fourth-order valence-electron chi connectivity index (χ4n) is 1.19. The maximum absolute atomic E-state index is 11.6. The summed E-state index contributed by atoms with van der Waals surface area (Å²) in [7, 11) is 0. The predicted molar refractivity (Wildman–Crippen MR) is 58.1 cm³/mol. The Bertz CT molecular complexity index is 316. The number of rotatable bonds is 8. The Kier molecular flexibility index (Phi) is 6.54. The molecule has 0 spiro atoms. The van der Waals surface area contributed by atoms with E-state index in [1.165, 1.54) is 0 Å². The summed E-state index contributed by atoms with van der Waals surface area (Å²) in [6, 6.07) is -0.925. The molecule has 1 unspecified atom stereocenters. The van der Waals surface area contributed by atoms with Gasteiger partial charge in [-0.2, -0.15) is 0 Å². The molecular weight excluding hydrogens is 228 g/mol. The molecule has 0 saturated heterocycles. The van der Waals surface area contributed by atoms with Crippen molar-refractivity contribution >= 4 is 24.1 Å². The number of hydrogen-bond donors (Lipinski definition) is 3. The minimum Gasteiger partial charge on any atom is -0.480 e. The molecule has 17 heavy (non-hydrogen) atoms. The van der Waals surface area contributed by atoms with E-state index in [2.05, 4.69) is 5.32 Å². The molecule has 2 atom stereocenters. The number of hydrogen-bond acceptors (Lipinski definition) is 4. The summed E-state index contributed by atoms with van der Waals surface area (Å²) in [6.07, 6.45) is 0.947. The third kappa shape index (κ3) is 5.10. The summed E-state index contributed by atoms with van der Waals surface area (Å²) in [5.41, 5.74) is 0. The van der Waals surface area contributed by atoms with Gasteiger partial charge in [-0.05, 0) is 5.92 Å². The van der Waals surface area contributed by atoms with Crippen LogP contribution in [0.4, 0.5) is 0 Å². The second kappa shape index (κ2) is 7.37. The quantitative estimate of drug-likeness (QED) is 0.371. The van der Waals surface area contributed by atoms with Gasteiger partial charge in [-0.25, -0.2) is 0 Å². The van der Waals surface area contributed by atoms with E-state index in [0.717, 1.165) is 0 Å². The van der Waals surface area contributed by atoms with Crippen LogP contribution < -0.4 is 10.6 Å². The Balaban J connectivity index is 4.54. The van der Waals surface area contributed by atoms with E-state index in [-0.39, 0.29) is 5.92 Å². The summed E-state index contributed by atoms with van der Waals surface area (Å²) < 4.78 is 0. The molecule has 7 nitrogen and oxygen atoms in total. The number of carboxylic acids is 1. The molecule has 2 amide bonds. The molecule has 0 aromatic carbocycles. The van der Waals surface area contributed by atoms with Crippen LogP contribution in [0.2, 0.25) is 0 Å². The molecule has 0 aromatic rings. The third-order valence-electron chi connectivity index (χ3n) is 2.37. The van der Waals surface area contributed by atoms with Crippen LogP contribution in [0.3, 0.4) is 0 Å². The Morgan fingerprint density at radius 3 is 2.35 bits per heavy atom. The zero-order valence-electron chi connectivity index (χ0n) is 9.73. The highest BCUT2D eigenvalue weighted by molar-refractivity contribution is 6.38. The van der Waals surface area contributed by atoms with Crippen molar-refractivity contribution in [3.05, 3.63) is 0 Å². The van der Waals surface area contributed by atoms with Crippen molar-refractivity contribution in [3.63, 3.8) is 0 Å². The van der Waals surface area contributed by atoms with Crippen molar-refractivity contribution in [2.45, 2.75) is 26.3 Å². The van der Waals surface area contributed by atoms with Gasteiger partial charge >= 0.3 is 5.97 Å². The highest BCUT2D eigenvalue weighted by atomic mass is 16.4. The van der Waals surface area contributed by atoms with Crippen LogP contribution in [0.15, 0.2) is 0 Å². The van der Waals surface area contributed by atoms with Gasteiger partial charge < -0.3 is 15.7 Å². The third-order valence-corrected chi connectivity index (χ3v) is 2.37. The van der Waals surface area contributed by atoms with Gasteiger partial charge in [0.2, 0.25) is 12.2 Å². The van der Waals surface area contributed by atoms with Crippen LogP contribution in [0.25, 0.3) is 0 Å². The van der Waals surface area contributed by atoms with Gasteiger partial charge in [0.1, 0.15) is 6.54 Å². The topological polar surface area (TPSA) is 113 Å². The van der Waals surface area contributed by atoms with Gasteiger partial charge in [-0.15, -0.1) is 0 Å². The number of carbonyl (C=O) groups is 4. The second-order valence-corrected chi connectivity index (χ2v) is 3.59. The number of ketones is 1. The van der Waals surface area contributed by atoms with E-state index >= 15 is 0 Å². The molecule has 0 aliphatic heterocycles. The second-order valence-electron chi connectivity index (χ2n) is 3.59. The number of carboxylic acid groups (broad SMARTS) is 1. The molecule has 0 aromatic heterocycles. The van der Waals surface area contributed by atoms with E-state index < -0.39 is 30.2 Å². The van der Waals surface area contributed by atoms with Crippen LogP contribution in [0, 0.1) is 5.92 Å². The molecule has 0 saturated carbocycles. The molecule has 0 heterocycles. The first-order chi connectivity index (χ1) is 7.93. The summed E-state index contributed by atoms with van der Waals surface area (Å²) in [5, 5.41) is 12.6. The first-order valence-corrected chi connectivity index (χ1v) is 5.17. The minimum absolute atomic E-state index is 0.205. The molecule has 0 fully saturated rings. The lowest BCUT2D eigenvalue weighted by atomic mass is 9.95. The first kappa shape index (κ1) is 15.1. The SMILES string of the molecule is CC[C@H](C)C(NC=O)C(=O)C(=O)NCC(=O)O. The smallest absolute Gasteiger partial charge is 0.322 e. The summed E-state index contributed by atoms with van der Waals surface area (Å²) >= 11 is 0. The van der Waals surface area contributed by atoms with Crippen molar-refractivity contribution in [2.24, 2.45) is 5.92 Å². The van der Waals surface area contributed by atoms with Gasteiger partial charge in [0.25, 0.3) is 5.91 Å². The molecular formula is C10H16N2O5. The Hall–Kier alpha value is -1.92. The Morgan fingerprint density at radius 1 is 1.35 bits per heavy atom. The van der Waals surface area contributed by atoms with Crippen molar-refractivity contribution in [1.29, 1.82) is 0 Å². The largest absolute Gasteiger partial charge is 0.480 e. The molecule has 0 bridgehead atoms. The molecule has 0 rings (SSSR count). The number of Topliss-reactive ketones (excluding diaryl/α,β-unsaturated/α-hetero) is 1. The maximum Gasteiger partial charge on any atom is 0.322 e. The van der Waals surface area contributed by atoms with E-state index in [1.807, 2.05) is 12.2 Å². The number of amides is 2. The van der Waals surface area contributed by atoms with Crippen LogP contribution in [0.1, 0.15) is 20.3 Å². The molecule has 3 N–H and O–H groups in total. The molecule has 96 valence electrons. The minimum atomic E-state index is -1.24. The highest BCUT2D eigenvalue weighted by Gasteiger charge is 2.28. The fraction of sp³-hybridized carbons (Fsp3) is 0.600. The highest BCUT2D eigenvalue weighted by Crippen LogP contribution is 2.08. The Labute approximate surface area is 98.6 Å². The molecule has 7 heteroatoms. The average Bonchev–Trinajstić information content (AvgIpc) is 2.31. The predicted octanol–water partition coefficient (Wildman–Crippen LogP) is -1.08. The van der Waals surface area contributed by atoms with Crippen molar-refractivity contribution in [1.82, 2.24) is 10.6 Å². The van der Waals surface area contributed by atoms with Crippen molar-refractivity contribution < 1.29 is 24.3 Å². The van der Waals surface area contributed by atoms with Crippen LogP contribution in [0.5, 0.6) is 0 Å². The van der Waals surface area contributed by atoms with E-state index in [1.54, 1.807) is 6.92 Å². The van der Waals surface area contributed by atoms with Crippen molar-refractivity contribution in [2.75, 3.05) is 6.54 Å². The van der Waals surface area contributed by atoms with Gasteiger partial charge in [-0.1, -0.05) is 20.3 Å². The maximum atomic E-state index is 11.6.